The van der Waals surface area contributed by atoms with Crippen molar-refractivity contribution in [2.75, 3.05) is 90.5 Å². The molecule has 18 nitrogen and oxygen atoms in total. The van der Waals surface area contributed by atoms with Gasteiger partial charge in [0.15, 0.2) is 0 Å². The van der Waals surface area contributed by atoms with Gasteiger partial charge in [-0.3, -0.25) is 23.6 Å². The lowest BCUT2D eigenvalue weighted by Gasteiger charge is -2.35. The molecule has 2 aliphatic heterocycles. The molecule has 2 saturated heterocycles. The molecule has 3 aromatic heterocycles. The third-order valence-corrected chi connectivity index (χ3v) is 12.7. The number of amides is 4. The van der Waals surface area contributed by atoms with Gasteiger partial charge in [-0.2, -0.15) is 4.98 Å². The average molecular weight is 928 g/mol. The fourth-order valence-electron chi connectivity index (χ4n) is 8.09. The first-order valence-corrected chi connectivity index (χ1v) is 23.3. The first-order valence-electron chi connectivity index (χ1n) is 22.4. The van der Waals surface area contributed by atoms with E-state index in [2.05, 4.69) is 25.5 Å². The molecule has 0 spiro atoms. The molecule has 4 atom stereocenters. The Bertz CT molecular complexity index is 2430. The molecule has 0 bridgehead atoms. The van der Waals surface area contributed by atoms with Crippen LogP contribution in [0, 0.1) is 12.3 Å². The van der Waals surface area contributed by atoms with Crippen LogP contribution in [0.3, 0.4) is 0 Å². The summed E-state index contributed by atoms with van der Waals surface area (Å²) in [4.78, 5) is 73.5. The second-order valence-corrected chi connectivity index (χ2v) is 18.5. The zero-order chi connectivity index (χ0) is 46.8. The van der Waals surface area contributed by atoms with Gasteiger partial charge >= 0.3 is 0 Å². The smallest absolute Gasteiger partial charge is 0.248 e. The van der Waals surface area contributed by atoms with E-state index in [0.29, 0.717) is 51.8 Å². The van der Waals surface area contributed by atoms with Crippen molar-refractivity contribution in [3.8, 4) is 10.4 Å². The number of hydrogen-bond donors (Lipinski definition) is 3. The number of aliphatic hydroxyl groups excluding tert-OH is 1. The van der Waals surface area contributed by atoms with Crippen molar-refractivity contribution in [1.82, 2.24) is 39.8 Å². The molecule has 2 unspecified atom stereocenters. The van der Waals surface area contributed by atoms with E-state index in [1.54, 1.807) is 16.2 Å². The molecule has 7 rings (SSSR count). The zero-order valence-electron chi connectivity index (χ0n) is 38.3. The van der Waals surface area contributed by atoms with Gasteiger partial charge in [0.05, 0.1) is 78.9 Å². The monoisotopic (exact) mass is 927 g/mol. The number of anilines is 1. The molecule has 0 saturated carbocycles. The van der Waals surface area contributed by atoms with Gasteiger partial charge in [0.1, 0.15) is 31.1 Å². The fraction of sp³-hybridized carbons (Fsp3) is 0.511. The van der Waals surface area contributed by atoms with E-state index >= 15 is 0 Å². The summed E-state index contributed by atoms with van der Waals surface area (Å²) in [6.07, 6.45) is 1.19. The molecule has 4 amide bonds. The maximum Gasteiger partial charge on any atom is 0.248 e. The van der Waals surface area contributed by atoms with E-state index in [9.17, 15) is 24.3 Å². The van der Waals surface area contributed by atoms with Crippen LogP contribution in [0.15, 0.2) is 66.3 Å². The molecule has 0 aliphatic carbocycles. The van der Waals surface area contributed by atoms with Crippen LogP contribution in [0.2, 0.25) is 0 Å². The van der Waals surface area contributed by atoms with Crippen LogP contribution < -0.4 is 15.5 Å². The number of β-amino-alcohol motifs (C(OH)–C–C–N with tert-alkyl or cyclic N) is 1. The Balaban J connectivity index is 0.734. The summed E-state index contributed by atoms with van der Waals surface area (Å²) in [5, 5.41) is 16.4. The van der Waals surface area contributed by atoms with E-state index in [-0.39, 0.29) is 63.9 Å². The van der Waals surface area contributed by atoms with E-state index in [4.69, 9.17) is 23.9 Å². The molecule has 2 fully saturated rings. The first kappa shape index (κ1) is 48.4. The van der Waals surface area contributed by atoms with Crippen molar-refractivity contribution >= 4 is 57.6 Å². The fourth-order valence-corrected chi connectivity index (χ4v) is 8.90. The normalized spacial score (nSPS) is 17.6. The summed E-state index contributed by atoms with van der Waals surface area (Å²) in [6.45, 7) is 13.0. The van der Waals surface area contributed by atoms with Gasteiger partial charge in [0.2, 0.25) is 29.4 Å². The third kappa shape index (κ3) is 12.2. The molecule has 5 heterocycles. The van der Waals surface area contributed by atoms with Gasteiger partial charge in [-0.1, -0.05) is 57.2 Å². The van der Waals surface area contributed by atoms with Crippen LogP contribution >= 0.6 is 11.3 Å². The quantitative estimate of drug-likeness (QED) is 0.0961. The van der Waals surface area contributed by atoms with Crippen LogP contribution in [0.25, 0.3) is 27.3 Å². The Kier molecular flexibility index (Phi) is 16.3. The van der Waals surface area contributed by atoms with Crippen LogP contribution in [-0.2, 0) is 38.1 Å². The van der Waals surface area contributed by atoms with Crippen LogP contribution in [0.1, 0.15) is 51.4 Å². The van der Waals surface area contributed by atoms with Crippen LogP contribution in [-0.4, -0.2) is 162 Å². The Morgan fingerprint density at radius 1 is 0.848 bits per heavy atom. The Morgan fingerprint density at radius 3 is 2.18 bits per heavy atom. The van der Waals surface area contributed by atoms with Crippen molar-refractivity contribution < 1.29 is 43.2 Å². The lowest BCUT2D eigenvalue weighted by Crippen LogP contribution is -2.58. The van der Waals surface area contributed by atoms with Gasteiger partial charge in [-0.25, -0.2) is 9.97 Å². The molecular formula is C47H61N9O9S. The van der Waals surface area contributed by atoms with Crippen molar-refractivity contribution in [1.29, 1.82) is 0 Å². The number of carbonyl (C=O) groups excluding carboxylic acids is 4. The highest BCUT2D eigenvalue weighted by atomic mass is 32.1. The second kappa shape index (κ2) is 22.3. The third-order valence-electron chi connectivity index (χ3n) is 11.8. The number of nitrogens with zero attached hydrogens (tertiary/aromatic N) is 7. The highest BCUT2D eigenvalue weighted by Crippen LogP contribution is 2.30. The number of piperazine rings is 1. The number of aliphatic hydroxyl groups is 1. The SMILES string of the molecule is Cc1ncsc1-c1ccc(C(C)NC(=O)[C@@H]2C[C@@H](O)CN2C(=O)C(NC(=O)COCCOCCOCCOCC(=O)N2CCN(c3ccn4c(n3)nc3ccccc34)CC2)C(C)(C)C)cc1. The number of imidazole rings is 1. The minimum absolute atomic E-state index is 0.0235. The molecule has 2 aliphatic rings. The van der Waals surface area contributed by atoms with E-state index in [0.717, 1.165) is 38.5 Å². The first-order chi connectivity index (χ1) is 31.8. The van der Waals surface area contributed by atoms with Gasteiger partial charge in [0.25, 0.3) is 0 Å². The molecule has 3 N–H and O–H groups in total. The summed E-state index contributed by atoms with van der Waals surface area (Å²) < 4.78 is 24.2. The number of para-hydroxylation sites is 2. The number of aromatic nitrogens is 4. The highest BCUT2D eigenvalue weighted by Gasteiger charge is 2.44. The molecular weight excluding hydrogens is 867 g/mol. The molecule has 2 aromatic carbocycles. The summed E-state index contributed by atoms with van der Waals surface area (Å²) in [7, 11) is 0. The number of thiazole rings is 1. The Morgan fingerprint density at radius 2 is 1.52 bits per heavy atom. The van der Waals surface area contributed by atoms with Crippen molar-refractivity contribution in [3.63, 3.8) is 0 Å². The predicted octanol–water partition coefficient (Wildman–Crippen LogP) is 3.40. The number of aryl methyl sites for hydroxylation is 1. The van der Waals surface area contributed by atoms with Gasteiger partial charge in [0, 0.05) is 45.3 Å². The predicted molar refractivity (Wildman–Crippen MR) is 249 cm³/mol. The average Bonchev–Trinajstić information content (AvgIpc) is 4.03. The number of ether oxygens (including phenoxy) is 4. The maximum absolute atomic E-state index is 14.0. The van der Waals surface area contributed by atoms with Crippen molar-refractivity contribution in [3.05, 3.63) is 77.6 Å². The molecule has 5 aromatic rings. The lowest BCUT2D eigenvalue weighted by molar-refractivity contribution is -0.144. The minimum atomic E-state index is -0.976. The van der Waals surface area contributed by atoms with Gasteiger partial charge < -0.3 is 49.4 Å². The number of rotatable bonds is 20. The zero-order valence-corrected chi connectivity index (χ0v) is 39.1. The lowest BCUT2D eigenvalue weighted by atomic mass is 9.85. The summed E-state index contributed by atoms with van der Waals surface area (Å²) in [6, 6.07) is 15.6. The Hall–Kier alpha value is -5.57. The summed E-state index contributed by atoms with van der Waals surface area (Å²) in [5.41, 5.74) is 5.92. The standard InChI is InChI=1S/C47H61N9O9S/c1-31(33-10-12-34(13-11-33)42-32(2)48-30-66-42)49-44(60)38-26-35(57)27-56(38)45(61)43(47(3,4)5)52-40(58)28-64-24-22-62-20-21-63-23-25-65-29-41(59)54-18-16-53(17-19-54)39-14-15-55-37-9-7-6-8-36(37)50-46(55)51-39/h6-15,30-31,35,38,43,57H,16-29H2,1-5H3,(H,49,60)(H,52,58)/t31?,35-,38+,43?/m1/s1. The second-order valence-electron chi connectivity index (χ2n) is 17.6. The Labute approximate surface area is 388 Å². The van der Waals surface area contributed by atoms with Gasteiger partial charge in [-0.15, -0.1) is 11.3 Å². The molecule has 354 valence electrons. The largest absolute Gasteiger partial charge is 0.391 e. The van der Waals surface area contributed by atoms with Crippen LogP contribution in [0.5, 0.6) is 0 Å². The van der Waals surface area contributed by atoms with Gasteiger partial charge in [-0.05, 0) is 48.6 Å². The summed E-state index contributed by atoms with van der Waals surface area (Å²) in [5.74, 6) is 0.0968. The van der Waals surface area contributed by atoms with E-state index in [1.165, 1.54) is 4.90 Å². The minimum Gasteiger partial charge on any atom is -0.391 e. The number of benzene rings is 2. The molecule has 0 radical (unpaired) electrons. The number of hydrogen-bond acceptors (Lipinski definition) is 14. The van der Waals surface area contributed by atoms with Crippen LogP contribution in [0.4, 0.5) is 5.82 Å². The number of nitrogens with one attached hydrogen (secondary N) is 2. The number of fused-ring (bicyclic) bond motifs is 3. The van der Waals surface area contributed by atoms with E-state index in [1.807, 2.05) is 105 Å². The van der Waals surface area contributed by atoms with Crippen molar-refractivity contribution in [2.45, 2.75) is 65.3 Å². The summed E-state index contributed by atoms with van der Waals surface area (Å²) >= 11 is 1.57. The number of likely N-dealkylation sites (tertiary alicyclic amines) is 1. The number of carbonyl (C=O) groups is 4. The maximum atomic E-state index is 14.0. The van der Waals surface area contributed by atoms with E-state index < -0.39 is 35.4 Å². The topological polar surface area (TPSA) is 202 Å². The molecule has 19 heteroatoms. The van der Waals surface area contributed by atoms with Crippen molar-refractivity contribution in [2.24, 2.45) is 5.41 Å². The molecule has 66 heavy (non-hydrogen) atoms. The highest BCUT2D eigenvalue weighted by molar-refractivity contribution is 7.13.